The van der Waals surface area contributed by atoms with Crippen LogP contribution in [-0.4, -0.2) is 81.7 Å². The summed E-state index contributed by atoms with van der Waals surface area (Å²) in [4.78, 5) is 42.6. The maximum absolute atomic E-state index is 15.5. The van der Waals surface area contributed by atoms with Gasteiger partial charge in [0.15, 0.2) is 0 Å². The Balaban J connectivity index is 1.13. The van der Waals surface area contributed by atoms with E-state index in [0.29, 0.717) is 44.4 Å². The van der Waals surface area contributed by atoms with Crippen molar-refractivity contribution in [1.29, 1.82) is 0 Å². The van der Waals surface area contributed by atoms with Crippen molar-refractivity contribution in [2.75, 3.05) is 31.6 Å². The number of carbonyl (C=O) groups is 3. The highest BCUT2D eigenvalue weighted by molar-refractivity contribution is 6.34. The number of rotatable bonds is 9. The molecule has 1 saturated carbocycles. The number of likely N-dealkylation sites (tertiary alicyclic amines) is 2. The lowest BCUT2D eigenvalue weighted by molar-refractivity contribution is -0.144. The first-order chi connectivity index (χ1) is 22.2. The van der Waals surface area contributed by atoms with Crippen LogP contribution in [0.1, 0.15) is 67.3 Å². The highest BCUT2D eigenvalue weighted by Crippen LogP contribution is 2.32. The molecule has 2 N–H and O–H groups in total. The number of hydrogen-bond acceptors (Lipinski definition) is 5. The average molecular weight is 653 g/mol. The molecule has 2 atom stereocenters. The van der Waals surface area contributed by atoms with E-state index < -0.39 is 17.7 Å². The number of anilines is 1. The van der Waals surface area contributed by atoms with Crippen LogP contribution in [0.5, 0.6) is 0 Å². The number of carboxylic acids is 1. The molecule has 9 nitrogen and oxygen atoms in total. The Morgan fingerprint density at radius 3 is 2.54 bits per heavy atom. The van der Waals surface area contributed by atoms with Gasteiger partial charge in [-0.15, -0.1) is 0 Å². The standard InChI is InChI=1S/C35H42ClFN4O5/c1-39-20-28(27-7-3-4-8-32(27)39)34(43)38-31-18-30(37)23(15-29(31)36)16-33(42)41-19-24(40-13-5-2-6-14-40)17-25(41)21-46-26-11-9-22(10-12-26)35(44)45/h3-4,7-8,15,18,20,22,24-26H,2,5-6,9-14,16-17,19,21H2,1H3,(H,38,43)(H,44,45)/t22?,24-,25-,26?/m0/s1. The molecule has 3 aromatic rings. The predicted molar refractivity (Wildman–Crippen MR) is 175 cm³/mol. The van der Waals surface area contributed by atoms with Crippen LogP contribution in [0, 0.1) is 11.7 Å². The highest BCUT2D eigenvalue weighted by Gasteiger charge is 2.39. The van der Waals surface area contributed by atoms with Gasteiger partial charge in [-0.2, -0.15) is 0 Å². The molecule has 3 aliphatic rings. The van der Waals surface area contributed by atoms with E-state index in [-0.39, 0.29) is 52.7 Å². The molecule has 6 rings (SSSR count). The molecule has 246 valence electrons. The summed E-state index contributed by atoms with van der Waals surface area (Å²) in [6, 6.07) is 10.2. The molecule has 0 radical (unpaired) electrons. The van der Waals surface area contributed by atoms with E-state index in [4.69, 9.17) is 16.3 Å². The molecular formula is C35H42ClFN4O5. The quantitative estimate of drug-likeness (QED) is 0.299. The molecule has 0 unspecified atom stereocenters. The minimum atomic E-state index is -0.747. The zero-order valence-corrected chi connectivity index (χ0v) is 27.0. The van der Waals surface area contributed by atoms with Crippen LogP contribution >= 0.6 is 11.6 Å². The topological polar surface area (TPSA) is 104 Å². The maximum Gasteiger partial charge on any atom is 0.306 e. The summed E-state index contributed by atoms with van der Waals surface area (Å²) < 4.78 is 23.6. The van der Waals surface area contributed by atoms with E-state index in [9.17, 15) is 19.5 Å². The van der Waals surface area contributed by atoms with E-state index >= 15 is 4.39 Å². The Labute approximate surface area is 273 Å². The molecular weight excluding hydrogens is 611 g/mol. The summed E-state index contributed by atoms with van der Waals surface area (Å²) in [7, 11) is 1.86. The van der Waals surface area contributed by atoms with E-state index in [1.54, 1.807) is 6.20 Å². The number of carboxylic acid groups (broad SMARTS) is 1. The number of hydrogen-bond donors (Lipinski definition) is 2. The Morgan fingerprint density at radius 2 is 1.80 bits per heavy atom. The van der Waals surface area contributed by atoms with Crippen molar-refractivity contribution in [2.45, 2.75) is 76.0 Å². The van der Waals surface area contributed by atoms with Crippen LogP contribution in [0.2, 0.25) is 5.02 Å². The van der Waals surface area contributed by atoms with Crippen molar-refractivity contribution < 1.29 is 28.6 Å². The van der Waals surface area contributed by atoms with Crippen molar-refractivity contribution in [3.63, 3.8) is 0 Å². The fourth-order valence-electron chi connectivity index (χ4n) is 7.42. The van der Waals surface area contributed by atoms with Gasteiger partial charge in [-0.25, -0.2) is 4.39 Å². The Hall–Kier alpha value is -3.47. The fraction of sp³-hybridized carbons (Fsp3) is 0.514. The Bertz CT molecular complexity index is 1600. The lowest BCUT2D eigenvalue weighted by atomic mass is 9.87. The number of fused-ring (bicyclic) bond motifs is 1. The number of halogens is 2. The second-order valence-electron chi connectivity index (χ2n) is 13.1. The van der Waals surface area contributed by atoms with Crippen LogP contribution < -0.4 is 5.32 Å². The van der Waals surface area contributed by atoms with E-state index in [0.717, 1.165) is 43.3 Å². The monoisotopic (exact) mass is 652 g/mol. The molecule has 1 aliphatic carbocycles. The first kappa shape index (κ1) is 32.5. The number of amides is 2. The van der Waals surface area contributed by atoms with Gasteiger partial charge < -0.3 is 24.6 Å². The number of aryl methyl sites for hydroxylation is 1. The van der Waals surface area contributed by atoms with Crippen LogP contribution in [0.15, 0.2) is 42.6 Å². The molecule has 11 heteroatoms. The van der Waals surface area contributed by atoms with Crippen LogP contribution in [-0.2, 0) is 27.8 Å². The first-order valence-electron chi connectivity index (χ1n) is 16.4. The van der Waals surface area contributed by atoms with Crippen molar-refractivity contribution in [3.05, 3.63) is 64.6 Å². The third-order valence-electron chi connectivity index (χ3n) is 10.0. The summed E-state index contributed by atoms with van der Waals surface area (Å²) >= 11 is 6.54. The normalized spacial score (nSPS) is 23.9. The van der Waals surface area contributed by atoms with Crippen molar-refractivity contribution in [1.82, 2.24) is 14.4 Å². The van der Waals surface area contributed by atoms with E-state index in [1.165, 1.54) is 18.6 Å². The molecule has 1 aromatic heterocycles. The Kier molecular flexibility index (Phi) is 9.96. The number of aliphatic carboxylic acids is 1. The van der Waals surface area contributed by atoms with Crippen LogP contribution in [0.25, 0.3) is 10.9 Å². The predicted octanol–water partition coefficient (Wildman–Crippen LogP) is 5.88. The van der Waals surface area contributed by atoms with Crippen molar-refractivity contribution >= 4 is 46.0 Å². The fourth-order valence-corrected chi connectivity index (χ4v) is 7.66. The third-order valence-corrected chi connectivity index (χ3v) is 10.3. The molecule has 0 spiro atoms. The van der Waals surface area contributed by atoms with Gasteiger partial charge in [0, 0.05) is 36.7 Å². The van der Waals surface area contributed by atoms with E-state index in [1.807, 2.05) is 40.8 Å². The number of carbonyl (C=O) groups excluding carboxylic acids is 2. The molecule has 2 aromatic carbocycles. The average Bonchev–Trinajstić information content (AvgIpc) is 3.64. The summed E-state index contributed by atoms with van der Waals surface area (Å²) in [5, 5.41) is 13.0. The maximum atomic E-state index is 15.5. The summed E-state index contributed by atoms with van der Waals surface area (Å²) in [6.45, 7) is 2.96. The highest BCUT2D eigenvalue weighted by atomic mass is 35.5. The van der Waals surface area contributed by atoms with Crippen LogP contribution in [0.4, 0.5) is 10.1 Å². The molecule has 2 aliphatic heterocycles. The Morgan fingerprint density at radius 1 is 1.07 bits per heavy atom. The SMILES string of the molecule is Cn1cc(C(=O)Nc2cc(F)c(CC(=O)N3C[C@@H](N4CCCCC4)C[C@H]3COC3CCC(C(=O)O)CC3)cc2Cl)c2ccccc21. The molecule has 3 heterocycles. The second-order valence-corrected chi connectivity index (χ2v) is 13.5. The van der Waals surface area contributed by atoms with Crippen molar-refractivity contribution in [3.8, 4) is 0 Å². The van der Waals surface area contributed by atoms with Crippen LogP contribution in [0.3, 0.4) is 0 Å². The van der Waals surface area contributed by atoms with Gasteiger partial charge in [-0.1, -0.05) is 36.2 Å². The number of benzene rings is 2. The zero-order valence-electron chi connectivity index (χ0n) is 26.2. The minimum absolute atomic E-state index is 0.0190. The second kappa shape index (κ2) is 14.1. The molecule has 2 saturated heterocycles. The number of piperidine rings is 1. The third kappa shape index (κ3) is 7.09. The smallest absolute Gasteiger partial charge is 0.306 e. The number of nitrogens with zero attached hydrogens (tertiary/aromatic N) is 3. The number of ether oxygens (including phenoxy) is 1. The van der Waals surface area contributed by atoms with Crippen molar-refractivity contribution in [2.24, 2.45) is 13.0 Å². The molecule has 46 heavy (non-hydrogen) atoms. The summed E-state index contributed by atoms with van der Waals surface area (Å²) in [5.41, 5.74) is 1.67. The van der Waals surface area contributed by atoms with E-state index in [2.05, 4.69) is 10.2 Å². The van der Waals surface area contributed by atoms with Gasteiger partial charge in [0.1, 0.15) is 5.82 Å². The lowest BCUT2D eigenvalue weighted by Gasteiger charge is -2.32. The largest absolute Gasteiger partial charge is 0.481 e. The van der Waals surface area contributed by atoms with Gasteiger partial charge in [-0.05, 0) is 81.8 Å². The lowest BCUT2D eigenvalue weighted by Crippen LogP contribution is -2.43. The molecule has 3 fully saturated rings. The summed E-state index contributed by atoms with van der Waals surface area (Å²) in [6.07, 6.45) is 8.44. The summed E-state index contributed by atoms with van der Waals surface area (Å²) in [5.74, 6) is -2.26. The molecule has 0 bridgehead atoms. The van der Waals surface area contributed by atoms with Gasteiger partial charge in [0.2, 0.25) is 5.91 Å². The minimum Gasteiger partial charge on any atom is -0.481 e. The van der Waals surface area contributed by atoms with Gasteiger partial charge in [-0.3, -0.25) is 19.3 Å². The number of aromatic nitrogens is 1. The number of nitrogens with one attached hydrogen (secondary N) is 1. The first-order valence-corrected chi connectivity index (χ1v) is 16.8. The zero-order chi connectivity index (χ0) is 32.4. The van der Waals surface area contributed by atoms with Gasteiger partial charge in [0.25, 0.3) is 5.91 Å². The van der Waals surface area contributed by atoms with Gasteiger partial charge in [0.05, 0.1) is 47.4 Å². The van der Waals surface area contributed by atoms with Gasteiger partial charge >= 0.3 is 5.97 Å². The number of para-hydroxylation sites is 1. The molecule has 2 amide bonds.